The van der Waals surface area contributed by atoms with Gasteiger partial charge in [0.2, 0.25) is 15.9 Å². The highest BCUT2D eigenvalue weighted by atomic mass is 32.2. The number of carbonyl (C=O) groups excluding carboxylic acids is 1. The third-order valence-corrected chi connectivity index (χ3v) is 8.54. The number of hydrogen-bond donors (Lipinski definition) is 2. The van der Waals surface area contributed by atoms with Crippen molar-refractivity contribution in [3.8, 4) is 11.6 Å². The van der Waals surface area contributed by atoms with Crippen LogP contribution in [0.3, 0.4) is 0 Å². The van der Waals surface area contributed by atoms with Gasteiger partial charge in [0.1, 0.15) is 10.6 Å². The molecule has 0 atom stereocenters. The smallest absolute Gasteiger partial charge is 0.356 e. The monoisotopic (exact) mass is 541 g/mol. The van der Waals surface area contributed by atoms with Crippen LogP contribution in [0.25, 0.3) is 0 Å². The molecule has 1 saturated heterocycles. The lowest BCUT2D eigenvalue weighted by molar-refractivity contribution is 0.0688. The van der Waals surface area contributed by atoms with Gasteiger partial charge in [0.25, 0.3) is 5.91 Å². The summed E-state index contributed by atoms with van der Waals surface area (Å²) >= 11 is 0. The average molecular weight is 542 g/mol. The van der Waals surface area contributed by atoms with E-state index in [0.717, 1.165) is 12.1 Å². The number of carboxylic acid groups (broad SMARTS) is 1. The quantitative estimate of drug-likeness (QED) is 0.444. The van der Waals surface area contributed by atoms with E-state index in [9.17, 15) is 23.1 Å². The van der Waals surface area contributed by atoms with Crippen molar-refractivity contribution < 1.29 is 27.9 Å². The molecule has 0 bridgehead atoms. The van der Waals surface area contributed by atoms with Crippen LogP contribution in [0.1, 0.15) is 38.9 Å². The number of anilines is 1. The van der Waals surface area contributed by atoms with E-state index < -0.39 is 16.0 Å². The lowest BCUT2D eigenvalue weighted by atomic mass is 10.1. The maximum Gasteiger partial charge on any atom is 0.356 e. The Hall–Kier alpha value is -3.74. The molecule has 11 nitrogen and oxygen atoms in total. The van der Waals surface area contributed by atoms with E-state index in [1.165, 1.54) is 28.2 Å². The van der Waals surface area contributed by atoms with Crippen LogP contribution >= 0.6 is 0 Å². The van der Waals surface area contributed by atoms with Gasteiger partial charge in [0.05, 0.1) is 0 Å². The number of nitrogens with zero attached hydrogens (tertiary/aromatic N) is 4. The maximum atomic E-state index is 13.8. The lowest BCUT2D eigenvalue weighted by Gasteiger charge is -2.33. The summed E-state index contributed by atoms with van der Waals surface area (Å²) in [5.41, 5.74) is 1.61. The number of benzene rings is 2. The number of aromatic carboxylic acids is 1. The molecular formula is C26H31N5O6S. The molecule has 1 aliphatic heterocycles. The van der Waals surface area contributed by atoms with E-state index in [0.29, 0.717) is 31.7 Å². The van der Waals surface area contributed by atoms with E-state index in [1.807, 2.05) is 26.0 Å². The maximum absolute atomic E-state index is 13.8. The molecule has 4 rings (SSSR count). The van der Waals surface area contributed by atoms with Gasteiger partial charge >= 0.3 is 5.97 Å². The number of likely N-dealkylation sites (N-methyl/N-ethyl adjacent to an activating group) is 1. The Kier molecular flexibility index (Phi) is 7.86. The molecule has 0 radical (unpaired) electrons. The van der Waals surface area contributed by atoms with E-state index in [1.54, 1.807) is 25.1 Å². The van der Waals surface area contributed by atoms with Gasteiger partial charge in [-0.05, 0) is 50.2 Å². The number of carbonyl (C=O) groups is 2. The molecule has 2 aromatic carbocycles. The molecule has 202 valence electrons. The first kappa shape index (κ1) is 27.3. The molecule has 1 aliphatic rings. The molecule has 1 amide bonds. The number of hydrogen-bond acceptors (Lipinski definition) is 7. The predicted molar refractivity (Wildman–Crippen MR) is 141 cm³/mol. The largest absolute Gasteiger partial charge is 0.476 e. The molecule has 38 heavy (non-hydrogen) atoms. The van der Waals surface area contributed by atoms with E-state index in [2.05, 4.69) is 15.3 Å². The number of aryl methyl sites for hydroxylation is 2. The Morgan fingerprint density at radius 3 is 2.37 bits per heavy atom. The molecule has 3 aromatic rings. The zero-order valence-corrected chi connectivity index (χ0v) is 22.6. The van der Waals surface area contributed by atoms with Crippen LogP contribution in [-0.2, 0) is 17.1 Å². The Labute approximate surface area is 221 Å². The first-order chi connectivity index (χ1) is 18.0. The molecular weight excluding hydrogens is 510 g/mol. The van der Waals surface area contributed by atoms with E-state index >= 15 is 0 Å². The number of nitrogens with one attached hydrogen (secondary N) is 1. The topological polar surface area (TPSA) is 134 Å². The summed E-state index contributed by atoms with van der Waals surface area (Å²) in [6, 6.07) is 11.5. The summed E-state index contributed by atoms with van der Waals surface area (Å²) < 4.78 is 36.3. The lowest BCUT2D eigenvalue weighted by Crippen LogP contribution is -2.48. The van der Waals surface area contributed by atoms with E-state index in [-0.39, 0.29) is 39.4 Å². The van der Waals surface area contributed by atoms with Gasteiger partial charge in [-0.1, -0.05) is 25.1 Å². The zero-order chi connectivity index (χ0) is 27.6. The summed E-state index contributed by atoms with van der Waals surface area (Å²) in [6.07, 6.45) is 0. The first-order valence-corrected chi connectivity index (χ1v) is 13.6. The molecule has 1 fully saturated rings. The second-order valence-electron chi connectivity index (χ2n) is 9.08. The third-order valence-electron chi connectivity index (χ3n) is 6.62. The van der Waals surface area contributed by atoms with Gasteiger partial charge < -0.3 is 20.1 Å². The minimum Gasteiger partial charge on any atom is -0.476 e. The van der Waals surface area contributed by atoms with E-state index in [4.69, 9.17) is 4.74 Å². The molecule has 2 heterocycles. The number of piperazine rings is 1. The van der Waals surface area contributed by atoms with Crippen LogP contribution in [0.15, 0.2) is 47.4 Å². The standard InChI is InChI=1S/C26H31N5O6S/c1-5-30-12-14-31(15-13-30)38(35,36)22-16-19(27-24(32)20-9-7-6-8-17(20)2)10-11-21(22)37-25-18(3)23(26(33)34)28-29(25)4/h6-11,16H,5,12-15H2,1-4H3,(H,27,32)(H,33,34). The Bertz CT molecular complexity index is 1480. The van der Waals surface area contributed by atoms with Crippen molar-refractivity contribution in [1.29, 1.82) is 0 Å². The van der Waals surface area contributed by atoms with Crippen molar-refractivity contribution in [2.24, 2.45) is 7.05 Å². The van der Waals surface area contributed by atoms with Gasteiger partial charge in [-0.2, -0.15) is 9.40 Å². The third kappa shape index (κ3) is 5.42. The number of amides is 1. The number of sulfonamides is 1. The average Bonchev–Trinajstić information content (AvgIpc) is 3.18. The highest BCUT2D eigenvalue weighted by Gasteiger charge is 2.32. The highest BCUT2D eigenvalue weighted by Crippen LogP contribution is 2.35. The summed E-state index contributed by atoms with van der Waals surface area (Å²) in [4.78, 5) is 26.5. The Morgan fingerprint density at radius 1 is 1.08 bits per heavy atom. The second kappa shape index (κ2) is 10.9. The van der Waals surface area contributed by atoms with Crippen molar-refractivity contribution in [2.75, 3.05) is 38.0 Å². The molecule has 0 spiro atoms. The summed E-state index contributed by atoms with van der Waals surface area (Å²) in [5.74, 6) is -1.49. The van der Waals surface area contributed by atoms with Crippen LogP contribution in [0.2, 0.25) is 0 Å². The van der Waals surface area contributed by atoms with Crippen LogP contribution < -0.4 is 10.1 Å². The Balaban J connectivity index is 1.74. The van der Waals surface area contributed by atoms with Gasteiger partial charge in [0.15, 0.2) is 5.69 Å². The van der Waals surface area contributed by atoms with Gasteiger partial charge in [0, 0.05) is 50.0 Å². The number of aromatic nitrogens is 2. The molecule has 12 heteroatoms. The fraction of sp³-hybridized carbons (Fsp3) is 0.346. The van der Waals surface area contributed by atoms with Crippen LogP contribution in [0.5, 0.6) is 11.6 Å². The van der Waals surface area contributed by atoms with Gasteiger partial charge in [-0.3, -0.25) is 4.79 Å². The zero-order valence-electron chi connectivity index (χ0n) is 21.8. The molecule has 0 saturated carbocycles. The minimum atomic E-state index is -4.03. The Morgan fingerprint density at radius 2 is 1.76 bits per heavy atom. The van der Waals surface area contributed by atoms with Gasteiger partial charge in [-0.25, -0.2) is 17.9 Å². The van der Waals surface area contributed by atoms with Crippen molar-refractivity contribution in [1.82, 2.24) is 19.0 Å². The fourth-order valence-electron chi connectivity index (χ4n) is 4.39. The number of rotatable bonds is 8. The minimum absolute atomic E-state index is 0.000138. The van der Waals surface area contributed by atoms with Crippen molar-refractivity contribution in [2.45, 2.75) is 25.7 Å². The molecule has 2 N–H and O–H groups in total. The predicted octanol–water partition coefficient (Wildman–Crippen LogP) is 3.11. The van der Waals surface area contributed by atoms with Crippen LogP contribution in [0.4, 0.5) is 5.69 Å². The normalized spacial score (nSPS) is 14.8. The summed E-state index contributed by atoms with van der Waals surface area (Å²) in [6.45, 7) is 8.02. The summed E-state index contributed by atoms with van der Waals surface area (Å²) in [7, 11) is -2.51. The highest BCUT2D eigenvalue weighted by molar-refractivity contribution is 7.89. The van der Waals surface area contributed by atoms with Crippen molar-refractivity contribution in [3.63, 3.8) is 0 Å². The van der Waals surface area contributed by atoms with Crippen LogP contribution in [-0.4, -0.2) is 77.1 Å². The molecule has 0 unspecified atom stereocenters. The summed E-state index contributed by atoms with van der Waals surface area (Å²) in [5, 5.41) is 16.2. The fourth-order valence-corrected chi connectivity index (χ4v) is 5.95. The van der Waals surface area contributed by atoms with Gasteiger partial charge in [-0.15, -0.1) is 0 Å². The second-order valence-corrected chi connectivity index (χ2v) is 11.0. The van der Waals surface area contributed by atoms with Crippen molar-refractivity contribution in [3.05, 3.63) is 64.8 Å². The first-order valence-electron chi connectivity index (χ1n) is 12.2. The van der Waals surface area contributed by atoms with Crippen LogP contribution in [0, 0.1) is 13.8 Å². The number of ether oxygens (including phenoxy) is 1. The number of carboxylic acids is 1. The van der Waals surface area contributed by atoms with Crippen molar-refractivity contribution >= 4 is 27.6 Å². The molecule has 1 aromatic heterocycles. The SMILES string of the molecule is CCN1CCN(S(=O)(=O)c2cc(NC(=O)c3ccccc3C)ccc2Oc2c(C)c(C(=O)O)nn2C)CC1. The molecule has 0 aliphatic carbocycles.